The van der Waals surface area contributed by atoms with E-state index in [2.05, 4.69) is 5.32 Å². The lowest BCUT2D eigenvalue weighted by atomic mass is 9.83. The first-order valence-corrected chi connectivity index (χ1v) is 7.83. The van der Waals surface area contributed by atoms with Gasteiger partial charge >= 0.3 is 0 Å². The molecule has 5 heteroatoms. The largest absolute Gasteiger partial charge is 0.496 e. The normalized spacial score (nSPS) is 21.9. The first-order chi connectivity index (χ1) is 10.1. The zero-order valence-corrected chi connectivity index (χ0v) is 13.2. The van der Waals surface area contributed by atoms with Gasteiger partial charge in [-0.3, -0.25) is 4.79 Å². The van der Waals surface area contributed by atoms with Crippen molar-refractivity contribution in [2.45, 2.75) is 44.7 Å². The van der Waals surface area contributed by atoms with Crippen LogP contribution in [-0.2, 0) is 11.3 Å². The Hall–Kier alpha value is -1.26. The molecule has 116 valence electrons. The summed E-state index contributed by atoms with van der Waals surface area (Å²) < 4.78 is 5.27. The van der Waals surface area contributed by atoms with E-state index < -0.39 is 0 Å². The Kier molecular flexibility index (Phi) is 5.88. The summed E-state index contributed by atoms with van der Waals surface area (Å²) in [6, 6.07) is 5.61. The maximum atomic E-state index is 12.1. The Bertz CT molecular complexity index is 493. The number of benzene rings is 1. The molecule has 1 saturated carbocycles. The molecule has 2 atom stereocenters. The molecule has 1 aliphatic carbocycles. The van der Waals surface area contributed by atoms with Crippen LogP contribution < -0.4 is 15.8 Å². The Morgan fingerprint density at radius 3 is 2.90 bits per heavy atom. The molecule has 2 rings (SSSR count). The van der Waals surface area contributed by atoms with Crippen LogP contribution in [0.25, 0.3) is 0 Å². The average Bonchev–Trinajstić information content (AvgIpc) is 2.48. The zero-order chi connectivity index (χ0) is 15.2. The quantitative estimate of drug-likeness (QED) is 0.879. The minimum absolute atomic E-state index is 0.0272. The summed E-state index contributed by atoms with van der Waals surface area (Å²) in [5, 5.41) is 3.52. The third-order valence-electron chi connectivity index (χ3n) is 4.17. The Labute approximate surface area is 131 Å². The lowest BCUT2D eigenvalue weighted by molar-refractivity contribution is -0.122. The monoisotopic (exact) mass is 310 g/mol. The van der Waals surface area contributed by atoms with E-state index in [1.165, 1.54) is 12.8 Å². The fourth-order valence-electron chi connectivity index (χ4n) is 2.89. The molecule has 0 saturated heterocycles. The van der Waals surface area contributed by atoms with Crippen LogP contribution in [0.1, 0.15) is 37.7 Å². The average molecular weight is 311 g/mol. The van der Waals surface area contributed by atoms with E-state index in [0.29, 0.717) is 29.7 Å². The van der Waals surface area contributed by atoms with Crippen LogP contribution in [0.3, 0.4) is 0 Å². The molecule has 1 amide bonds. The van der Waals surface area contributed by atoms with E-state index in [0.717, 1.165) is 18.4 Å². The van der Waals surface area contributed by atoms with Crippen LogP contribution in [0.5, 0.6) is 5.75 Å². The molecule has 0 heterocycles. The van der Waals surface area contributed by atoms with Gasteiger partial charge in [-0.05, 0) is 30.9 Å². The lowest BCUT2D eigenvalue weighted by Gasteiger charge is -2.28. The van der Waals surface area contributed by atoms with Gasteiger partial charge in [0, 0.05) is 29.6 Å². The second kappa shape index (κ2) is 7.66. The summed E-state index contributed by atoms with van der Waals surface area (Å²) >= 11 is 6.16. The summed E-state index contributed by atoms with van der Waals surface area (Å²) in [4.78, 5) is 12.1. The first kappa shape index (κ1) is 16.1. The number of nitrogens with two attached hydrogens (primary N) is 1. The van der Waals surface area contributed by atoms with Crippen molar-refractivity contribution in [1.29, 1.82) is 0 Å². The third kappa shape index (κ3) is 4.35. The van der Waals surface area contributed by atoms with Crippen LogP contribution >= 0.6 is 11.6 Å². The van der Waals surface area contributed by atoms with Crippen LogP contribution in [0.15, 0.2) is 18.2 Å². The fraction of sp³-hybridized carbons (Fsp3) is 0.562. The summed E-state index contributed by atoms with van der Waals surface area (Å²) in [7, 11) is 1.60. The van der Waals surface area contributed by atoms with E-state index in [4.69, 9.17) is 22.1 Å². The van der Waals surface area contributed by atoms with Gasteiger partial charge in [0.1, 0.15) is 5.75 Å². The molecular weight excluding hydrogens is 288 g/mol. The molecule has 0 bridgehead atoms. The van der Waals surface area contributed by atoms with Crippen LogP contribution in [0.2, 0.25) is 5.02 Å². The highest BCUT2D eigenvalue weighted by atomic mass is 35.5. The van der Waals surface area contributed by atoms with E-state index in [9.17, 15) is 4.79 Å². The molecule has 2 unspecified atom stereocenters. The van der Waals surface area contributed by atoms with Crippen molar-refractivity contribution in [3.63, 3.8) is 0 Å². The van der Waals surface area contributed by atoms with Crippen molar-refractivity contribution in [3.05, 3.63) is 28.8 Å². The van der Waals surface area contributed by atoms with Crippen molar-refractivity contribution in [3.8, 4) is 5.75 Å². The Morgan fingerprint density at radius 1 is 1.43 bits per heavy atom. The zero-order valence-electron chi connectivity index (χ0n) is 12.4. The minimum Gasteiger partial charge on any atom is -0.496 e. The number of rotatable bonds is 5. The van der Waals surface area contributed by atoms with Gasteiger partial charge in [0.05, 0.1) is 7.11 Å². The maximum Gasteiger partial charge on any atom is 0.220 e. The fourth-order valence-corrected chi connectivity index (χ4v) is 3.12. The number of nitrogens with one attached hydrogen (secondary N) is 1. The first-order valence-electron chi connectivity index (χ1n) is 7.45. The maximum absolute atomic E-state index is 12.1. The van der Waals surface area contributed by atoms with Gasteiger partial charge < -0.3 is 15.8 Å². The van der Waals surface area contributed by atoms with Crippen molar-refractivity contribution >= 4 is 17.5 Å². The number of methoxy groups -OCH3 is 1. The summed E-state index contributed by atoms with van der Waals surface area (Å²) in [5.74, 6) is 1.02. The van der Waals surface area contributed by atoms with Crippen LogP contribution in [0, 0.1) is 5.92 Å². The van der Waals surface area contributed by atoms with Gasteiger partial charge in [0.2, 0.25) is 5.91 Å². The van der Waals surface area contributed by atoms with Crippen molar-refractivity contribution in [2.24, 2.45) is 11.7 Å². The second-order valence-electron chi connectivity index (χ2n) is 5.61. The van der Waals surface area contributed by atoms with Crippen molar-refractivity contribution < 1.29 is 9.53 Å². The Balaban J connectivity index is 1.89. The molecule has 0 spiro atoms. The summed E-state index contributed by atoms with van der Waals surface area (Å²) in [5.41, 5.74) is 6.89. The van der Waals surface area contributed by atoms with Crippen molar-refractivity contribution in [1.82, 2.24) is 5.32 Å². The highest BCUT2D eigenvalue weighted by Gasteiger charge is 2.24. The van der Waals surface area contributed by atoms with E-state index in [1.807, 2.05) is 12.1 Å². The Morgan fingerprint density at radius 2 is 2.19 bits per heavy atom. The van der Waals surface area contributed by atoms with E-state index in [1.54, 1.807) is 13.2 Å². The van der Waals surface area contributed by atoms with Gasteiger partial charge in [-0.2, -0.15) is 0 Å². The molecule has 4 nitrogen and oxygen atoms in total. The second-order valence-corrected chi connectivity index (χ2v) is 6.02. The molecule has 1 aromatic carbocycles. The van der Waals surface area contributed by atoms with Gasteiger partial charge in [0.15, 0.2) is 0 Å². The standard InChI is InChI=1S/C16H23ClN2O2/c1-21-15-8-4-6-13(17)12(15)10-19-16(20)9-11-5-2-3-7-14(11)18/h4,6,8,11,14H,2-3,5,7,9-10,18H2,1H3,(H,19,20). The highest BCUT2D eigenvalue weighted by Crippen LogP contribution is 2.27. The molecule has 0 radical (unpaired) electrons. The molecule has 21 heavy (non-hydrogen) atoms. The number of halogens is 1. The molecule has 0 aromatic heterocycles. The summed E-state index contributed by atoms with van der Waals surface area (Å²) in [6.07, 6.45) is 4.91. The highest BCUT2D eigenvalue weighted by molar-refractivity contribution is 6.31. The topological polar surface area (TPSA) is 64.3 Å². The third-order valence-corrected chi connectivity index (χ3v) is 4.53. The van der Waals surface area contributed by atoms with Gasteiger partial charge in [-0.15, -0.1) is 0 Å². The molecular formula is C16H23ClN2O2. The molecule has 1 fully saturated rings. The molecule has 0 aliphatic heterocycles. The number of hydrogen-bond acceptors (Lipinski definition) is 3. The lowest BCUT2D eigenvalue weighted by Crippen LogP contribution is -2.37. The molecule has 3 N–H and O–H groups in total. The van der Waals surface area contributed by atoms with Gasteiger partial charge in [0.25, 0.3) is 0 Å². The SMILES string of the molecule is COc1cccc(Cl)c1CNC(=O)CC1CCCCC1N. The van der Waals surface area contributed by atoms with E-state index in [-0.39, 0.29) is 11.9 Å². The molecule has 1 aromatic rings. The summed E-state index contributed by atoms with van der Waals surface area (Å²) in [6.45, 7) is 0.379. The number of amides is 1. The smallest absolute Gasteiger partial charge is 0.220 e. The number of carbonyl (C=O) groups is 1. The molecule has 1 aliphatic rings. The van der Waals surface area contributed by atoms with E-state index >= 15 is 0 Å². The minimum atomic E-state index is 0.0272. The van der Waals surface area contributed by atoms with Crippen LogP contribution in [0.4, 0.5) is 0 Å². The van der Waals surface area contributed by atoms with Crippen LogP contribution in [-0.4, -0.2) is 19.1 Å². The predicted octanol–water partition coefficient (Wildman–Crippen LogP) is 2.87. The van der Waals surface area contributed by atoms with Gasteiger partial charge in [-0.25, -0.2) is 0 Å². The number of ether oxygens (including phenoxy) is 1. The van der Waals surface area contributed by atoms with Crippen molar-refractivity contribution in [2.75, 3.05) is 7.11 Å². The number of hydrogen-bond donors (Lipinski definition) is 2. The number of carbonyl (C=O) groups excluding carboxylic acids is 1. The van der Waals surface area contributed by atoms with Gasteiger partial charge in [-0.1, -0.05) is 30.5 Å². The predicted molar refractivity (Wildman–Crippen MR) is 84.4 cm³/mol.